The van der Waals surface area contributed by atoms with Crippen molar-refractivity contribution >= 4 is 5.78 Å². The van der Waals surface area contributed by atoms with E-state index in [2.05, 4.69) is 30.3 Å². The highest BCUT2D eigenvalue weighted by Crippen LogP contribution is 2.14. The lowest BCUT2D eigenvalue weighted by Gasteiger charge is -2.29. The number of nitriles is 1. The highest BCUT2D eigenvalue weighted by molar-refractivity contribution is 5.89. The fourth-order valence-corrected chi connectivity index (χ4v) is 3.52. The van der Waals surface area contributed by atoms with E-state index in [0.29, 0.717) is 6.54 Å². The molecule has 2 N–H and O–H groups in total. The van der Waals surface area contributed by atoms with Crippen molar-refractivity contribution in [3.63, 3.8) is 0 Å². The second-order valence-electron chi connectivity index (χ2n) is 6.78. The van der Waals surface area contributed by atoms with E-state index in [1.165, 1.54) is 10.5 Å². The van der Waals surface area contributed by atoms with Crippen molar-refractivity contribution in [3.05, 3.63) is 71.8 Å². The van der Waals surface area contributed by atoms with E-state index in [4.69, 9.17) is 0 Å². The minimum absolute atomic E-state index is 0.0372. The zero-order valence-corrected chi connectivity index (χ0v) is 14.4. The standard InChI is InChI=1S/C21H23N3O/c22-15-20(19-9-5-2-6-10-19)21(25)17-24-13-11-23(12-14-24)16-18-7-3-1-4-8-18/h1-10,20H,11-14,16-17H2/p+2/t20-/m1/s1. The molecule has 4 heteroatoms. The second-order valence-corrected chi connectivity index (χ2v) is 6.78. The Bertz CT molecular complexity index is 716. The van der Waals surface area contributed by atoms with E-state index in [0.717, 1.165) is 38.3 Å². The first-order chi connectivity index (χ1) is 12.3. The predicted molar refractivity (Wildman–Crippen MR) is 96.2 cm³/mol. The minimum atomic E-state index is -0.636. The van der Waals surface area contributed by atoms with Crippen molar-refractivity contribution < 1.29 is 14.6 Å². The van der Waals surface area contributed by atoms with Crippen LogP contribution in [0.1, 0.15) is 17.0 Å². The summed E-state index contributed by atoms with van der Waals surface area (Å²) in [6.07, 6.45) is 0. The number of nitrogens with one attached hydrogen (secondary N) is 2. The first kappa shape index (κ1) is 17.3. The van der Waals surface area contributed by atoms with Gasteiger partial charge in [0, 0.05) is 5.56 Å². The van der Waals surface area contributed by atoms with Gasteiger partial charge >= 0.3 is 0 Å². The van der Waals surface area contributed by atoms with E-state index in [9.17, 15) is 10.1 Å². The van der Waals surface area contributed by atoms with Crippen LogP contribution in [0.5, 0.6) is 0 Å². The Morgan fingerprint density at radius 1 is 0.920 bits per heavy atom. The van der Waals surface area contributed by atoms with E-state index in [1.807, 2.05) is 36.4 Å². The van der Waals surface area contributed by atoms with Gasteiger partial charge in [0.1, 0.15) is 45.2 Å². The maximum atomic E-state index is 12.6. The van der Waals surface area contributed by atoms with Gasteiger partial charge in [-0.2, -0.15) is 5.26 Å². The first-order valence-electron chi connectivity index (χ1n) is 8.94. The van der Waals surface area contributed by atoms with Crippen LogP contribution in [0.15, 0.2) is 60.7 Å². The lowest BCUT2D eigenvalue weighted by molar-refractivity contribution is -1.02. The molecule has 1 saturated heterocycles. The maximum Gasteiger partial charge on any atom is 0.208 e. The van der Waals surface area contributed by atoms with Crippen LogP contribution in [-0.4, -0.2) is 38.5 Å². The summed E-state index contributed by atoms with van der Waals surface area (Å²) in [5.74, 6) is -0.599. The molecule has 1 heterocycles. The molecule has 25 heavy (non-hydrogen) atoms. The lowest BCUT2D eigenvalue weighted by Crippen LogP contribution is -3.27. The summed E-state index contributed by atoms with van der Waals surface area (Å²) in [7, 11) is 0. The van der Waals surface area contributed by atoms with Crippen molar-refractivity contribution in [2.75, 3.05) is 32.7 Å². The molecule has 1 atom stereocenters. The fraction of sp³-hybridized carbons (Fsp3) is 0.333. The fourth-order valence-electron chi connectivity index (χ4n) is 3.52. The Hall–Kier alpha value is -2.48. The summed E-state index contributed by atoms with van der Waals surface area (Å²) in [5, 5.41) is 9.40. The number of benzene rings is 2. The number of rotatable bonds is 6. The van der Waals surface area contributed by atoms with Crippen LogP contribution in [0.2, 0.25) is 0 Å². The van der Waals surface area contributed by atoms with Gasteiger partial charge in [0.2, 0.25) is 5.78 Å². The van der Waals surface area contributed by atoms with Gasteiger partial charge in [0.25, 0.3) is 0 Å². The summed E-state index contributed by atoms with van der Waals surface area (Å²) < 4.78 is 0. The van der Waals surface area contributed by atoms with E-state index >= 15 is 0 Å². The molecule has 2 aromatic carbocycles. The molecule has 0 aromatic heterocycles. The average molecular weight is 335 g/mol. The highest BCUT2D eigenvalue weighted by atomic mass is 16.1. The number of piperazine rings is 1. The van der Waals surface area contributed by atoms with Gasteiger partial charge in [0.15, 0.2) is 0 Å². The third kappa shape index (κ3) is 4.76. The number of ketones is 1. The average Bonchev–Trinajstić information content (AvgIpc) is 2.66. The minimum Gasteiger partial charge on any atom is -0.322 e. The molecule has 0 spiro atoms. The van der Waals surface area contributed by atoms with Crippen molar-refractivity contribution in [3.8, 4) is 6.07 Å². The van der Waals surface area contributed by atoms with Gasteiger partial charge in [0.05, 0.1) is 6.07 Å². The molecule has 2 aromatic rings. The third-order valence-electron chi connectivity index (χ3n) is 4.97. The van der Waals surface area contributed by atoms with Crippen LogP contribution >= 0.6 is 0 Å². The molecule has 0 radical (unpaired) electrons. The number of hydrogen-bond donors (Lipinski definition) is 2. The van der Waals surface area contributed by atoms with Crippen molar-refractivity contribution in [2.45, 2.75) is 12.5 Å². The van der Waals surface area contributed by atoms with Crippen LogP contribution < -0.4 is 9.80 Å². The Labute approximate surface area is 149 Å². The summed E-state index contributed by atoms with van der Waals surface area (Å²) in [6.45, 7) is 5.61. The second kappa shape index (κ2) is 8.57. The van der Waals surface area contributed by atoms with Crippen LogP contribution in [0, 0.1) is 11.3 Å². The Morgan fingerprint density at radius 2 is 1.48 bits per heavy atom. The molecule has 1 aliphatic rings. The van der Waals surface area contributed by atoms with E-state index < -0.39 is 5.92 Å². The SMILES string of the molecule is N#C[C@@H](C(=O)C[NH+]1CC[NH+](Cc2ccccc2)CC1)c1ccccc1. The maximum absolute atomic E-state index is 12.6. The van der Waals surface area contributed by atoms with E-state index in [-0.39, 0.29) is 5.78 Å². The highest BCUT2D eigenvalue weighted by Gasteiger charge is 2.28. The molecule has 0 saturated carbocycles. The molecule has 3 rings (SSSR count). The third-order valence-corrected chi connectivity index (χ3v) is 4.97. The molecule has 0 unspecified atom stereocenters. The molecular weight excluding hydrogens is 310 g/mol. The van der Waals surface area contributed by atoms with Crippen LogP contribution in [-0.2, 0) is 11.3 Å². The van der Waals surface area contributed by atoms with Gasteiger partial charge in [-0.25, -0.2) is 0 Å². The quantitative estimate of drug-likeness (QED) is 0.771. The smallest absolute Gasteiger partial charge is 0.208 e. The molecule has 0 bridgehead atoms. The Morgan fingerprint density at radius 3 is 2.08 bits per heavy atom. The number of carbonyl (C=O) groups is 1. The topological polar surface area (TPSA) is 49.7 Å². The van der Waals surface area contributed by atoms with Crippen LogP contribution in [0.25, 0.3) is 0 Å². The lowest BCUT2D eigenvalue weighted by atomic mass is 9.96. The van der Waals surface area contributed by atoms with Gasteiger partial charge in [-0.15, -0.1) is 0 Å². The molecule has 0 amide bonds. The molecule has 0 aliphatic carbocycles. The predicted octanol–water partition coefficient (Wildman–Crippen LogP) is -0.154. The summed E-state index contributed by atoms with van der Waals surface area (Å²) >= 11 is 0. The number of Topliss-reactive ketones (excluding diaryl/α,β-unsaturated/α-hetero) is 1. The summed E-state index contributed by atoms with van der Waals surface area (Å²) in [5.41, 5.74) is 2.17. The molecular formula is C21H25N3O+2. The van der Waals surface area contributed by atoms with Crippen LogP contribution in [0.4, 0.5) is 0 Å². The molecule has 4 nitrogen and oxygen atoms in total. The molecule has 1 fully saturated rings. The zero-order chi connectivity index (χ0) is 17.5. The van der Waals surface area contributed by atoms with Crippen LogP contribution in [0.3, 0.4) is 0 Å². The number of carbonyl (C=O) groups excluding carboxylic acids is 1. The molecule has 1 aliphatic heterocycles. The van der Waals surface area contributed by atoms with Gasteiger partial charge in [-0.05, 0) is 5.56 Å². The first-order valence-corrected chi connectivity index (χ1v) is 8.94. The number of quaternary nitrogens is 2. The summed E-state index contributed by atoms with van der Waals surface area (Å²) in [4.78, 5) is 15.4. The number of hydrogen-bond acceptors (Lipinski definition) is 2. The van der Waals surface area contributed by atoms with Gasteiger partial charge in [-0.1, -0.05) is 60.7 Å². The zero-order valence-electron chi connectivity index (χ0n) is 14.4. The summed E-state index contributed by atoms with van der Waals surface area (Å²) in [6, 6.07) is 22.1. The van der Waals surface area contributed by atoms with Gasteiger partial charge in [-0.3, -0.25) is 4.79 Å². The van der Waals surface area contributed by atoms with Crippen molar-refractivity contribution in [1.29, 1.82) is 5.26 Å². The number of nitrogens with zero attached hydrogens (tertiary/aromatic N) is 1. The monoisotopic (exact) mass is 335 g/mol. The molecule has 128 valence electrons. The van der Waals surface area contributed by atoms with E-state index in [1.54, 1.807) is 4.90 Å². The normalized spacial score (nSPS) is 21.2. The van der Waals surface area contributed by atoms with Gasteiger partial charge < -0.3 is 9.80 Å². The Kier molecular flexibility index (Phi) is 5.95. The Balaban J connectivity index is 1.50. The van der Waals surface area contributed by atoms with Crippen molar-refractivity contribution in [2.24, 2.45) is 0 Å². The van der Waals surface area contributed by atoms with Crippen molar-refractivity contribution in [1.82, 2.24) is 0 Å². The largest absolute Gasteiger partial charge is 0.322 e.